The number of urea groups is 1. The van der Waals surface area contributed by atoms with E-state index >= 15 is 4.39 Å². The van der Waals surface area contributed by atoms with Crippen LogP contribution in [-0.4, -0.2) is 21.0 Å². The zero-order valence-electron chi connectivity index (χ0n) is 20.4. The van der Waals surface area contributed by atoms with Crippen LogP contribution in [-0.2, 0) is 11.6 Å². The van der Waals surface area contributed by atoms with Gasteiger partial charge in [-0.05, 0) is 36.4 Å². The Bertz CT molecular complexity index is 1450. The number of aromatic nitrogens is 3. The number of nitrogen functional groups attached to an aromatic ring is 1. The van der Waals surface area contributed by atoms with Crippen molar-refractivity contribution in [3.8, 4) is 21.8 Å². The summed E-state index contributed by atoms with van der Waals surface area (Å²) in [5, 5.41) is 5.55. The summed E-state index contributed by atoms with van der Waals surface area (Å²) >= 11 is 1.30. The molecule has 38 heavy (non-hydrogen) atoms. The summed E-state index contributed by atoms with van der Waals surface area (Å²) in [7, 11) is 0. The molecule has 200 valence electrons. The van der Waals surface area contributed by atoms with Crippen molar-refractivity contribution in [3.05, 3.63) is 71.1 Å². The number of anilines is 3. The molecule has 0 saturated heterocycles. The van der Waals surface area contributed by atoms with Gasteiger partial charge < -0.3 is 16.4 Å². The Morgan fingerprint density at radius 3 is 2.26 bits per heavy atom. The molecule has 4 aromatic rings. The van der Waals surface area contributed by atoms with Crippen molar-refractivity contribution >= 4 is 47.1 Å². The molecule has 0 fully saturated rings. The molecule has 4 N–H and O–H groups in total. The number of halogens is 5. The van der Waals surface area contributed by atoms with Gasteiger partial charge in [-0.25, -0.2) is 24.1 Å². The fourth-order valence-electron chi connectivity index (χ4n) is 3.33. The fraction of sp³-hybridized carbons (Fsp3) is 0.200. The van der Waals surface area contributed by atoms with Gasteiger partial charge in [0.05, 0.1) is 26.8 Å². The normalized spacial score (nSPS) is 11.6. The number of alkyl halides is 3. The predicted octanol–water partition coefficient (Wildman–Crippen LogP) is 7.37. The monoisotopic (exact) mass is 566 g/mol. The first kappa shape index (κ1) is 28.8. The minimum Gasteiger partial charge on any atom is -0.368 e. The molecule has 0 radical (unpaired) electrons. The van der Waals surface area contributed by atoms with Gasteiger partial charge in [0.2, 0.25) is 5.95 Å². The number of thiazole rings is 1. The predicted molar refractivity (Wildman–Crippen MR) is 143 cm³/mol. The van der Waals surface area contributed by atoms with Gasteiger partial charge in [0, 0.05) is 22.9 Å². The van der Waals surface area contributed by atoms with Crippen LogP contribution >= 0.6 is 23.7 Å². The van der Waals surface area contributed by atoms with Crippen molar-refractivity contribution in [2.24, 2.45) is 0 Å². The Labute approximate surface area is 226 Å². The summed E-state index contributed by atoms with van der Waals surface area (Å²) in [4.78, 5) is 25.8. The third-order valence-electron chi connectivity index (χ3n) is 5.15. The van der Waals surface area contributed by atoms with E-state index in [9.17, 15) is 18.0 Å². The van der Waals surface area contributed by atoms with Crippen LogP contribution in [0.1, 0.15) is 31.3 Å². The van der Waals surface area contributed by atoms with Gasteiger partial charge in [-0.2, -0.15) is 13.2 Å². The molecule has 13 heteroatoms. The van der Waals surface area contributed by atoms with E-state index < -0.39 is 23.6 Å². The van der Waals surface area contributed by atoms with Crippen molar-refractivity contribution in [3.63, 3.8) is 0 Å². The summed E-state index contributed by atoms with van der Waals surface area (Å²) in [6.07, 6.45) is -3.01. The molecular weight excluding hydrogens is 544 g/mol. The number of hydrogen-bond acceptors (Lipinski definition) is 6. The summed E-state index contributed by atoms with van der Waals surface area (Å²) in [6.45, 7) is 5.94. The van der Waals surface area contributed by atoms with Gasteiger partial charge in [0.1, 0.15) is 5.69 Å². The molecule has 7 nitrogen and oxygen atoms in total. The van der Waals surface area contributed by atoms with E-state index in [1.807, 2.05) is 20.8 Å². The van der Waals surface area contributed by atoms with Gasteiger partial charge in [0.15, 0.2) is 5.82 Å². The zero-order valence-corrected chi connectivity index (χ0v) is 22.0. The molecule has 0 unspecified atom stereocenters. The zero-order chi connectivity index (χ0) is 27.0. The first-order valence-electron chi connectivity index (χ1n) is 11.0. The van der Waals surface area contributed by atoms with Crippen LogP contribution in [0.15, 0.2) is 54.7 Å². The molecule has 2 aromatic heterocycles. The molecule has 0 aliphatic carbocycles. The Morgan fingerprint density at radius 1 is 0.974 bits per heavy atom. The average Bonchev–Trinajstić information content (AvgIpc) is 3.26. The SMILES string of the molecule is CC(C)(C)c1nc(-c2ccnc(N)n2)c(-c2cccc(NC(=O)Nc3ccc(C(F)(F)F)cc3)c2F)s1.Cl. The molecule has 0 atom stereocenters. The van der Waals surface area contributed by atoms with Crippen LogP contribution in [0.5, 0.6) is 0 Å². The van der Waals surface area contributed by atoms with E-state index in [2.05, 4.69) is 20.6 Å². The van der Waals surface area contributed by atoms with E-state index in [0.29, 0.717) is 16.3 Å². The van der Waals surface area contributed by atoms with Gasteiger partial charge in [0.25, 0.3) is 0 Å². The lowest BCUT2D eigenvalue weighted by Crippen LogP contribution is -2.20. The number of nitrogens with one attached hydrogen (secondary N) is 2. The number of nitrogens with zero attached hydrogens (tertiary/aromatic N) is 3. The third-order valence-corrected chi connectivity index (χ3v) is 6.66. The molecular formula is C25H23ClF4N6OS. The molecule has 0 aliphatic heterocycles. The molecule has 2 aromatic carbocycles. The van der Waals surface area contributed by atoms with E-state index in [1.54, 1.807) is 18.2 Å². The Balaban J connectivity index is 0.00000400. The van der Waals surface area contributed by atoms with E-state index in [4.69, 9.17) is 10.7 Å². The van der Waals surface area contributed by atoms with Crippen molar-refractivity contribution in [2.75, 3.05) is 16.4 Å². The van der Waals surface area contributed by atoms with Crippen LogP contribution in [0.25, 0.3) is 21.8 Å². The van der Waals surface area contributed by atoms with E-state index in [1.165, 1.54) is 23.6 Å². The minimum atomic E-state index is -4.50. The first-order valence-corrected chi connectivity index (χ1v) is 11.8. The lowest BCUT2D eigenvalue weighted by atomic mass is 9.98. The summed E-state index contributed by atoms with van der Waals surface area (Å²) in [5.74, 6) is -0.665. The minimum absolute atomic E-state index is 0. The van der Waals surface area contributed by atoms with Crippen LogP contribution in [0, 0.1) is 5.82 Å². The van der Waals surface area contributed by atoms with Crippen molar-refractivity contribution in [1.82, 2.24) is 15.0 Å². The van der Waals surface area contributed by atoms with Crippen LogP contribution < -0.4 is 16.4 Å². The summed E-state index contributed by atoms with van der Waals surface area (Å²) in [6, 6.07) is 9.21. The standard InChI is InChI=1S/C25H22F4N6OS.ClH/c1-24(2,3)21-35-19(17-11-12-31-22(30)33-17)20(37-21)15-5-4-6-16(18(15)26)34-23(36)32-14-9-7-13(8-10-14)25(27,28)29;/h4-12H,1-3H3,(H2,30,31,33)(H2,32,34,36);1H. The van der Waals surface area contributed by atoms with Crippen LogP contribution in [0.4, 0.5) is 39.7 Å². The number of nitrogens with two attached hydrogens (primary N) is 1. The molecule has 0 saturated carbocycles. The maximum Gasteiger partial charge on any atom is 0.416 e. The quantitative estimate of drug-likeness (QED) is 0.224. The first-order chi connectivity index (χ1) is 17.3. The summed E-state index contributed by atoms with van der Waals surface area (Å²) < 4.78 is 53.9. The number of rotatable bonds is 4. The van der Waals surface area contributed by atoms with Crippen LogP contribution in [0.3, 0.4) is 0 Å². The van der Waals surface area contributed by atoms with Gasteiger partial charge in [-0.1, -0.05) is 32.9 Å². The van der Waals surface area contributed by atoms with E-state index in [0.717, 1.165) is 29.3 Å². The Hall–Kier alpha value is -3.77. The maximum atomic E-state index is 15.7. The number of carbonyl (C=O) groups is 1. The highest BCUT2D eigenvalue weighted by Crippen LogP contribution is 2.42. The highest BCUT2D eigenvalue weighted by molar-refractivity contribution is 7.15. The van der Waals surface area contributed by atoms with Gasteiger partial charge in [-0.15, -0.1) is 23.7 Å². The van der Waals surface area contributed by atoms with Crippen LogP contribution in [0.2, 0.25) is 0 Å². The number of hydrogen-bond donors (Lipinski definition) is 3. The maximum absolute atomic E-state index is 15.7. The third kappa shape index (κ3) is 6.37. The van der Waals surface area contributed by atoms with Gasteiger partial charge >= 0.3 is 12.2 Å². The molecule has 0 spiro atoms. The Morgan fingerprint density at radius 2 is 1.66 bits per heavy atom. The second-order valence-electron chi connectivity index (χ2n) is 9.07. The molecule has 0 aliphatic rings. The number of benzene rings is 2. The fourth-order valence-corrected chi connectivity index (χ4v) is 4.48. The number of carbonyl (C=O) groups excluding carboxylic acids is 1. The molecule has 0 bridgehead atoms. The average molecular weight is 567 g/mol. The van der Waals surface area contributed by atoms with Crippen molar-refractivity contribution in [1.29, 1.82) is 0 Å². The largest absolute Gasteiger partial charge is 0.416 e. The lowest BCUT2D eigenvalue weighted by Gasteiger charge is -2.13. The van der Waals surface area contributed by atoms with E-state index in [-0.39, 0.29) is 40.7 Å². The van der Waals surface area contributed by atoms with Crippen molar-refractivity contribution < 1.29 is 22.4 Å². The highest BCUT2D eigenvalue weighted by atomic mass is 35.5. The second kappa shape index (κ2) is 10.9. The smallest absolute Gasteiger partial charge is 0.368 e. The molecule has 2 amide bonds. The van der Waals surface area contributed by atoms with Gasteiger partial charge in [-0.3, -0.25) is 0 Å². The Kier molecular flexibility index (Phi) is 8.27. The lowest BCUT2D eigenvalue weighted by molar-refractivity contribution is -0.137. The molecule has 2 heterocycles. The molecule has 4 rings (SSSR count). The second-order valence-corrected chi connectivity index (χ2v) is 10.1. The summed E-state index contributed by atoms with van der Waals surface area (Å²) in [5.41, 5.74) is 5.59. The highest BCUT2D eigenvalue weighted by Gasteiger charge is 2.30. The topological polar surface area (TPSA) is 106 Å². The van der Waals surface area contributed by atoms with Crippen molar-refractivity contribution in [2.45, 2.75) is 32.4 Å². The number of amides is 2.